The van der Waals surface area contributed by atoms with Gasteiger partial charge in [-0.3, -0.25) is 4.68 Å². The number of benzene rings is 1. The van der Waals surface area contributed by atoms with E-state index in [-0.39, 0.29) is 11.9 Å². The van der Waals surface area contributed by atoms with Gasteiger partial charge in [-0.05, 0) is 31.0 Å². The Morgan fingerprint density at radius 3 is 2.92 bits per heavy atom. The molecule has 0 aliphatic carbocycles. The number of aromatic nitrogens is 5. The lowest BCUT2D eigenvalue weighted by atomic mass is 10.2. The molecule has 1 atom stereocenters. The number of rotatable bonds is 5. The van der Waals surface area contributed by atoms with Crippen LogP contribution in [0.1, 0.15) is 24.0 Å². The van der Waals surface area contributed by atoms with E-state index < -0.39 is 0 Å². The second kappa shape index (κ2) is 6.76. The van der Waals surface area contributed by atoms with Crippen LogP contribution in [0, 0.1) is 5.82 Å². The quantitative estimate of drug-likeness (QED) is 0.716. The SMILES string of the molecule is Cn1nccc1CCc1nc(-c2cccc(F)c2)nn1C1CCOC1. The van der Waals surface area contributed by atoms with Crippen LogP contribution in [-0.4, -0.2) is 37.8 Å². The van der Waals surface area contributed by atoms with Crippen LogP contribution in [0.4, 0.5) is 4.39 Å². The molecular weight excluding hydrogens is 321 g/mol. The first-order valence-electron chi connectivity index (χ1n) is 8.46. The molecule has 1 fully saturated rings. The van der Waals surface area contributed by atoms with Gasteiger partial charge >= 0.3 is 0 Å². The van der Waals surface area contributed by atoms with E-state index in [2.05, 4.69) is 10.2 Å². The van der Waals surface area contributed by atoms with E-state index in [0.717, 1.165) is 37.4 Å². The molecule has 1 aliphatic heterocycles. The van der Waals surface area contributed by atoms with Crippen LogP contribution in [0.3, 0.4) is 0 Å². The van der Waals surface area contributed by atoms with Gasteiger partial charge in [0.1, 0.15) is 11.6 Å². The van der Waals surface area contributed by atoms with Crippen LogP contribution in [0.15, 0.2) is 36.5 Å². The molecule has 1 aliphatic rings. The van der Waals surface area contributed by atoms with E-state index in [0.29, 0.717) is 18.0 Å². The van der Waals surface area contributed by atoms with Crippen molar-refractivity contribution in [3.8, 4) is 11.4 Å². The van der Waals surface area contributed by atoms with Crippen LogP contribution in [0.2, 0.25) is 0 Å². The first-order valence-corrected chi connectivity index (χ1v) is 8.46. The molecule has 0 amide bonds. The third kappa shape index (κ3) is 3.32. The third-order valence-electron chi connectivity index (χ3n) is 4.56. The van der Waals surface area contributed by atoms with E-state index in [1.165, 1.54) is 12.1 Å². The van der Waals surface area contributed by atoms with E-state index in [1.807, 2.05) is 28.5 Å². The molecule has 25 heavy (non-hydrogen) atoms. The lowest BCUT2D eigenvalue weighted by Crippen LogP contribution is -2.15. The zero-order valence-corrected chi connectivity index (χ0v) is 14.1. The van der Waals surface area contributed by atoms with Crippen molar-refractivity contribution >= 4 is 0 Å². The Labute approximate surface area is 145 Å². The summed E-state index contributed by atoms with van der Waals surface area (Å²) in [6.07, 6.45) is 4.29. The summed E-state index contributed by atoms with van der Waals surface area (Å²) < 4.78 is 22.9. The highest BCUT2D eigenvalue weighted by molar-refractivity contribution is 5.54. The minimum Gasteiger partial charge on any atom is -0.379 e. The standard InChI is InChI=1S/C18H20FN5O/c1-23-15(7-9-20-23)5-6-17-21-18(13-3-2-4-14(19)11-13)22-24(17)16-8-10-25-12-16/h2-4,7,9,11,16H,5-6,8,10,12H2,1H3. The van der Waals surface area contributed by atoms with Crippen LogP contribution >= 0.6 is 0 Å². The van der Waals surface area contributed by atoms with Gasteiger partial charge in [-0.2, -0.15) is 10.2 Å². The Balaban J connectivity index is 1.64. The van der Waals surface area contributed by atoms with Crippen molar-refractivity contribution < 1.29 is 9.13 Å². The Morgan fingerprint density at radius 1 is 1.28 bits per heavy atom. The summed E-state index contributed by atoms with van der Waals surface area (Å²) in [5, 5.41) is 8.87. The zero-order valence-electron chi connectivity index (χ0n) is 14.1. The van der Waals surface area contributed by atoms with Gasteiger partial charge in [0.15, 0.2) is 5.82 Å². The molecule has 0 spiro atoms. The zero-order chi connectivity index (χ0) is 17.2. The van der Waals surface area contributed by atoms with Crippen molar-refractivity contribution in [2.45, 2.75) is 25.3 Å². The molecule has 2 aromatic heterocycles. The number of nitrogens with zero attached hydrogens (tertiary/aromatic N) is 5. The normalized spacial score (nSPS) is 17.3. The lowest BCUT2D eigenvalue weighted by molar-refractivity contribution is 0.184. The molecule has 1 saturated heterocycles. The van der Waals surface area contributed by atoms with Crippen molar-refractivity contribution in [3.05, 3.63) is 53.9 Å². The summed E-state index contributed by atoms with van der Waals surface area (Å²) in [4.78, 5) is 4.70. The van der Waals surface area contributed by atoms with E-state index in [9.17, 15) is 4.39 Å². The average Bonchev–Trinajstić information content (AvgIpc) is 3.33. The van der Waals surface area contributed by atoms with Crippen molar-refractivity contribution in [2.24, 2.45) is 7.05 Å². The molecule has 6 nitrogen and oxygen atoms in total. The maximum absolute atomic E-state index is 13.5. The van der Waals surface area contributed by atoms with Crippen LogP contribution in [0.5, 0.6) is 0 Å². The highest BCUT2D eigenvalue weighted by Gasteiger charge is 2.23. The molecule has 4 rings (SSSR count). The third-order valence-corrected chi connectivity index (χ3v) is 4.56. The molecule has 1 unspecified atom stereocenters. The smallest absolute Gasteiger partial charge is 0.181 e. The van der Waals surface area contributed by atoms with Gasteiger partial charge in [-0.15, -0.1) is 0 Å². The van der Waals surface area contributed by atoms with Crippen LogP contribution in [-0.2, 0) is 24.6 Å². The van der Waals surface area contributed by atoms with Gasteiger partial charge in [0, 0.05) is 37.5 Å². The topological polar surface area (TPSA) is 57.8 Å². The Bertz CT molecular complexity index is 866. The highest BCUT2D eigenvalue weighted by Crippen LogP contribution is 2.24. The van der Waals surface area contributed by atoms with Crippen molar-refractivity contribution in [2.75, 3.05) is 13.2 Å². The Morgan fingerprint density at radius 2 is 2.20 bits per heavy atom. The summed E-state index contributed by atoms with van der Waals surface area (Å²) in [6, 6.07) is 8.60. The van der Waals surface area contributed by atoms with Gasteiger partial charge in [0.25, 0.3) is 0 Å². The number of halogens is 1. The van der Waals surface area contributed by atoms with Crippen molar-refractivity contribution in [3.63, 3.8) is 0 Å². The summed E-state index contributed by atoms with van der Waals surface area (Å²) in [5.74, 6) is 1.18. The highest BCUT2D eigenvalue weighted by atomic mass is 19.1. The lowest BCUT2D eigenvalue weighted by Gasteiger charge is -2.11. The molecule has 3 heterocycles. The molecule has 130 valence electrons. The fourth-order valence-corrected chi connectivity index (χ4v) is 3.17. The molecular formula is C18H20FN5O. The van der Waals surface area contributed by atoms with Crippen molar-refractivity contribution in [1.29, 1.82) is 0 Å². The molecule has 0 bridgehead atoms. The largest absolute Gasteiger partial charge is 0.379 e. The minimum atomic E-state index is -0.283. The van der Waals surface area contributed by atoms with E-state index in [4.69, 9.17) is 9.72 Å². The molecule has 7 heteroatoms. The number of hydrogen-bond donors (Lipinski definition) is 0. The Hall–Kier alpha value is -2.54. The van der Waals surface area contributed by atoms with E-state index >= 15 is 0 Å². The average molecular weight is 341 g/mol. The Kier molecular flexibility index (Phi) is 4.31. The molecule has 1 aromatic carbocycles. The predicted octanol–water partition coefficient (Wildman–Crippen LogP) is 2.56. The predicted molar refractivity (Wildman–Crippen MR) is 90.5 cm³/mol. The molecule has 0 radical (unpaired) electrons. The summed E-state index contributed by atoms with van der Waals surface area (Å²) in [6.45, 7) is 1.38. The molecule has 0 N–H and O–H groups in total. The second-order valence-electron chi connectivity index (χ2n) is 6.27. The first kappa shape index (κ1) is 16.0. The fraction of sp³-hybridized carbons (Fsp3) is 0.389. The van der Waals surface area contributed by atoms with E-state index in [1.54, 1.807) is 12.3 Å². The van der Waals surface area contributed by atoms with Crippen LogP contribution < -0.4 is 0 Å². The number of aryl methyl sites for hydroxylation is 3. The van der Waals surface area contributed by atoms with Crippen molar-refractivity contribution in [1.82, 2.24) is 24.5 Å². The monoisotopic (exact) mass is 341 g/mol. The summed E-state index contributed by atoms with van der Waals surface area (Å²) in [5.41, 5.74) is 1.84. The summed E-state index contributed by atoms with van der Waals surface area (Å²) >= 11 is 0. The number of hydrogen-bond acceptors (Lipinski definition) is 4. The van der Waals surface area contributed by atoms with Crippen LogP contribution in [0.25, 0.3) is 11.4 Å². The van der Waals surface area contributed by atoms with Gasteiger partial charge in [-0.25, -0.2) is 14.1 Å². The van der Waals surface area contributed by atoms with Gasteiger partial charge in [0.05, 0.1) is 12.6 Å². The maximum Gasteiger partial charge on any atom is 0.181 e. The summed E-state index contributed by atoms with van der Waals surface area (Å²) in [7, 11) is 1.93. The maximum atomic E-state index is 13.5. The van der Waals surface area contributed by atoms with Gasteiger partial charge in [-0.1, -0.05) is 12.1 Å². The number of ether oxygens (including phenoxy) is 1. The first-order chi connectivity index (χ1) is 12.2. The minimum absolute atomic E-state index is 0.191. The second-order valence-corrected chi connectivity index (χ2v) is 6.27. The van der Waals surface area contributed by atoms with Gasteiger partial charge in [0.2, 0.25) is 0 Å². The molecule has 3 aromatic rings. The fourth-order valence-electron chi connectivity index (χ4n) is 3.17. The van der Waals surface area contributed by atoms with Gasteiger partial charge < -0.3 is 4.74 Å². The molecule has 0 saturated carbocycles.